The molecule has 0 aliphatic rings. The number of phenols is 1. The van der Waals surface area contributed by atoms with Crippen LogP contribution in [-0.2, 0) is 7.05 Å². The van der Waals surface area contributed by atoms with Crippen LogP contribution in [0.4, 0.5) is 0 Å². The minimum atomic E-state index is 0.416. The van der Waals surface area contributed by atoms with Crippen molar-refractivity contribution in [1.29, 1.82) is 0 Å². The van der Waals surface area contributed by atoms with E-state index in [9.17, 15) is 5.11 Å². The molecule has 0 radical (unpaired) electrons. The first-order valence-electron chi connectivity index (χ1n) is 8.26. The van der Waals surface area contributed by atoms with Crippen molar-refractivity contribution in [3.63, 3.8) is 0 Å². The van der Waals surface area contributed by atoms with Gasteiger partial charge in [0, 0.05) is 12.1 Å². The standard InChI is InChI=1S/C22H23NO/c1-14-16(3)22(24)17(4)15(2)19(14)11-10-18-12-13-23(5)21-9-7-6-8-20(18)21/h6-13H,1-5H3/p+1. The first-order chi connectivity index (χ1) is 11.4. The normalized spacial score (nSPS) is 11.5. The second-order valence-electron chi connectivity index (χ2n) is 6.49. The van der Waals surface area contributed by atoms with Crippen molar-refractivity contribution < 1.29 is 9.67 Å². The van der Waals surface area contributed by atoms with Gasteiger partial charge in [0.25, 0.3) is 0 Å². The third-order valence-corrected chi connectivity index (χ3v) is 5.15. The first-order valence-corrected chi connectivity index (χ1v) is 8.26. The lowest BCUT2D eigenvalue weighted by atomic mass is 9.92. The average Bonchev–Trinajstić information content (AvgIpc) is 2.60. The minimum absolute atomic E-state index is 0.416. The van der Waals surface area contributed by atoms with Crippen LogP contribution in [-0.4, -0.2) is 5.11 Å². The highest BCUT2D eigenvalue weighted by molar-refractivity contribution is 5.89. The van der Waals surface area contributed by atoms with E-state index in [1.807, 2.05) is 13.8 Å². The number of phenolic OH excluding ortho intramolecular Hbond substituents is 1. The van der Waals surface area contributed by atoms with Crippen LogP contribution < -0.4 is 4.57 Å². The molecule has 0 bridgehead atoms. The van der Waals surface area contributed by atoms with Gasteiger partial charge in [0.15, 0.2) is 6.20 Å². The molecule has 0 spiro atoms. The molecule has 2 nitrogen and oxygen atoms in total. The third kappa shape index (κ3) is 2.58. The molecule has 3 aromatic rings. The number of para-hydroxylation sites is 1. The highest BCUT2D eigenvalue weighted by Gasteiger charge is 2.12. The molecule has 0 saturated carbocycles. The highest BCUT2D eigenvalue weighted by Crippen LogP contribution is 2.32. The maximum absolute atomic E-state index is 10.2. The van der Waals surface area contributed by atoms with Gasteiger partial charge >= 0.3 is 0 Å². The molecule has 0 aliphatic carbocycles. The topological polar surface area (TPSA) is 24.1 Å². The Morgan fingerprint density at radius 1 is 0.833 bits per heavy atom. The van der Waals surface area contributed by atoms with Crippen LogP contribution in [0, 0.1) is 27.7 Å². The summed E-state index contributed by atoms with van der Waals surface area (Å²) < 4.78 is 2.14. The molecule has 0 aliphatic heterocycles. The Kier molecular flexibility index (Phi) is 4.15. The summed E-state index contributed by atoms with van der Waals surface area (Å²) >= 11 is 0. The first kappa shape index (κ1) is 16.3. The molecule has 122 valence electrons. The van der Waals surface area contributed by atoms with Gasteiger partial charge in [-0.15, -0.1) is 0 Å². The fourth-order valence-corrected chi connectivity index (χ4v) is 3.28. The van der Waals surface area contributed by atoms with Crippen LogP contribution in [0.15, 0.2) is 36.5 Å². The number of rotatable bonds is 2. The monoisotopic (exact) mass is 318 g/mol. The molecule has 0 amide bonds. The van der Waals surface area contributed by atoms with E-state index in [1.165, 1.54) is 22.0 Å². The Bertz CT molecular complexity index is 938. The molecule has 1 heterocycles. The highest BCUT2D eigenvalue weighted by atomic mass is 16.3. The molecule has 2 heteroatoms. The van der Waals surface area contributed by atoms with E-state index >= 15 is 0 Å². The van der Waals surface area contributed by atoms with Gasteiger partial charge in [-0.2, -0.15) is 0 Å². The van der Waals surface area contributed by atoms with Crippen molar-refractivity contribution in [2.45, 2.75) is 27.7 Å². The van der Waals surface area contributed by atoms with Crippen molar-refractivity contribution in [2.24, 2.45) is 7.05 Å². The Hall–Kier alpha value is -2.61. The van der Waals surface area contributed by atoms with E-state index in [2.05, 4.69) is 74.1 Å². The molecule has 24 heavy (non-hydrogen) atoms. The predicted molar refractivity (Wildman–Crippen MR) is 101 cm³/mol. The van der Waals surface area contributed by atoms with Crippen LogP contribution in [0.2, 0.25) is 0 Å². The van der Waals surface area contributed by atoms with Gasteiger partial charge in [-0.25, -0.2) is 4.57 Å². The zero-order valence-electron chi connectivity index (χ0n) is 15.0. The summed E-state index contributed by atoms with van der Waals surface area (Å²) in [5, 5.41) is 11.5. The Morgan fingerprint density at radius 3 is 2.12 bits per heavy atom. The van der Waals surface area contributed by atoms with Crippen LogP contribution in [0.5, 0.6) is 5.75 Å². The maximum Gasteiger partial charge on any atom is 0.212 e. The van der Waals surface area contributed by atoms with Crippen molar-refractivity contribution in [1.82, 2.24) is 0 Å². The number of fused-ring (bicyclic) bond motifs is 1. The van der Waals surface area contributed by atoms with Gasteiger partial charge < -0.3 is 5.11 Å². The molecule has 2 aromatic carbocycles. The van der Waals surface area contributed by atoms with E-state index in [0.29, 0.717) is 5.75 Å². The number of benzene rings is 2. The van der Waals surface area contributed by atoms with Crippen molar-refractivity contribution in [2.75, 3.05) is 0 Å². The van der Waals surface area contributed by atoms with E-state index < -0.39 is 0 Å². The largest absolute Gasteiger partial charge is 0.507 e. The molecular weight excluding hydrogens is 294 g/mol. The summed E-state index contributed by atoms with van der Waals surface area (Å²) in [4.78, 5) is 0. The quantitative estimate of drug-likeness (QED) is 0.676. The molecule has 0 atom stereocenters. The zero-order chi connectivity index (χ0) is 17.4. The summed E-state index contributed by atoms with van der Waals surface area (Å²) in [5.41, 5.74) is 7.80. The number of pyridine rings is 1. The van der Waals surface area contributed by atoms with E-state index in [0.717, 1.165) is 22.3 Å². The average molecular weight is 318 g/mol. The second kappa shape index (κ2) is 6.12. The molecule has 0 unspecified atom stereocenters. The third-order valence-electron chi connectivity index (χ3n) is 5.15. The fourth-order valence-electron chi connectivity index (χ4n) is 3.28. The van der Waals surface area contributed by atoms with Gasteiger partial charge in [-0.1, -0.05) is 24.3 Å². The number of aryl methyl sites for hydroxylation is 1. The lowest BCUT2D eigenvalue weighted by molar-refractivity contribution is -0.644. The lowest BCUT2D eigenvalue weighted by Crippen LogP contribution is -2.28. The maximum atomic E-state index is 10.2. The van der Waals surface area contributed by atoms with E-state index in [-0.39, 0.29) is 0 Å². The lowest BCUT2D eigenvalue weighted by Gasteiger charge is -2.15. The minimum Gasteiger partial charge on any atom is -0.507 e. The number of hydrogen-bond acceptors (Lipinski definition) is 1. The van der Waals surface area contributed by atoms with Crippen LogP contribution in [0.25, 0.3) is 23.1 Å². The van der Waals surface area contributed by atoms with Crippen molar-refractivity contribution in [3.8, 4) is 5.75 Å². The fraction of sp³-hybridized carbons (Fsp3) is 0.227. The Morgan fingerprint density at radius 2 is 1.46 bits per heavy atom. The zero-order valence-corrected chi connectivity index (χ0v) is 15.0. The van der Waals surface area contributed by atoms with Crippen LogP contribution in [0.3, 0.4) is 0 Å². The van der Waals surface area contributed by atoms with Gasteiger partial charge in [0.05, 0.1) is 5.39 Å². The SMILES string of the molecule is Cc1c(C)c(/C=C/c2cc[n+](C)c3ccccc23)c(C)c(C)c1O. The molecule has 1 N–H and O–H groups in total. The summed E-state index contributed by atoms with van der Waals surface area (Å²) in [5.74, 6) is 0.416. The summed E-state index contributed by atoms with van der Waals surface area (Å²) in [6, 6.07) is 10.6. The Balaban J connectivity index is 2.16. The second-order valence-corrected chi connectivity index (χ2v) is 6.49. The number of aromatic nitrogens is 1. The molecule has 0 saturated heterocycles. The van der Waals surface area contributed by atoms with Crippen molar-refractivity contribution >= 4 is 23.1 Å². The van der Waals surface area contributed by atoms with Gasteiger partial charge in [0.1, 0.15) is 12.8 Å². The summed E-state index contributed by atoms with van der Waals surface area (Å²) in [6.07, 6.45) is 6.44. The van der Waals surface area contributed by atoms with Crippen LogP contribution >= 0.6 is 0 Å². The number of aromatic hydroxyl groups is 1. The smallest absolute Gasteiger partial charge is 0.212 e. The summed E-state index contributed by atoms with van der Waals surface area (Å²) in [6.45, 7) is 8.10. The predicted octanol–water partition coefficient (Wildman–Crippen LogP) is 4.77. The van der Waals surface area contributed by atoms with E-state index in [1.54, 1.807) is 0 Å². The van der Waals surface area contributed by atoms with Gasteiger partial charge in [0.2, 0.25) is 5.52 Å². The molecule has 0 fully saturated rings. The molecule has 1 aromatic heterocycles. The van der Waals surface area contributed by atoms with Crippen molar-refractivity contribution in [3.05, 3.63) is 69.9 Å². The van der Waals surface area contributed by atoms with Gasteiger partial charge in [-0.05, 0) is 67.1 Å². The van der Waals surface area contributed by atoms with Gasteiger partial charge in [-0.3, -0.25) is 0 Å². The Labute approximate surface area is 143 Å². The molecular formula is C22H24NO+. The number of hydrogen-bond donors (Lipinski definition) is 1. The molecule has 3 rings (SSSR count). The van der Waals surface area contributed by atoms with Crippen LogP contribution in [0.1, 0.15) is 33.4 Å². The van der Waals surface area contributed by atoms with E-state index in [4.69, 9.17) is 0 Å². The number of nitrogens with zero attached hydrogens (tertiary/aromatic N) is 1. The summed E-state index contributed by atoms with van der Waals surface area (Å²) in [7, 11) is 2.07.